The molecule has 0 saturated carbocycles. The van der Waals surface area contributed by atoms with Gasteiger partial charge in [0.05, 0.1) is 35.4 Å². The van der Waals surface area contributed by atoms with Crippen LogP contribution >= 0.6 is 11.8 Å². The number of hydrogen-bond donors (Lipinski definition) is 0. The molecular formula is C19H24N2O5S. The molecule has 0 saturated heterocycles. The normalized spacial score (nSPS) is 11.2. The van der Waals surface area contributed by atoms with E-state index in [1.54, 1.807) is 30.5 Å². The summed E-state index contributed by atoms with van der Waals surface area (Å²) in [5.41, 5.74) is 0.501. The van der Waals surface area contributed by atoms with Gasteiger partial charge in [-0.1, -0.05) is 25.6 Å². The van der Waals surface area contributed by atoms with Gasteiger partial charge in [0, 0.05) is 6.54 Å². The maximum absolute atomic E-state index is 12.9. The van der Waals surface area contributed by atoms with Crippen molar-refractivity contribution in [2.75, 3.05) is 12.9 Å². The molecule has 1 heterocycles. The lowest BCUT2D eigenvalue weighted by molar-refractivity contribution is -0.144. The summed E-state index contributed by atoms with van der Waals surface area (Å²) in [6.07, 6.45) is -0.205. The molecule has 146 valence electrons. The molecule has 1 aromatic heterocycles. The number of nitrogens with zero attached hydrogens (tertiary/aromatic N) is 2. The van der Waals surface area contributed by atoms with Crippen molar-refractivity contribution in [2.24, 2.45) is 5.92 Å². The van der Waals surface area contributed by atoms with Gasteiger partial charge < -0.3 is 9.47 Å². The average molecular weight is 392 g/mol. The summed E-state index contributed by atoms with van der Waals surface area (Å²) >= 11 is 1.15. The smallest absolute Gasteiger partial charge is 0.337 e. The van der Waals surface area contributed by atoms with Crippen LogP contribution in [0.15, 0.2) is 28.2 Å². The third kappa shape index (κ3) is 5.32. The fourth-order valence-corrected chi connectivity index (χ4v) is 3.29. The summed E-state index contributed by atoms with van der Waals surface area (Å²) in [5, 5.41) is 0.835. The Morgan fingerprint density at radius 3 is 2.52 bits per heavy atom. The van der Waals surface area contributed by atoms with Gasteiger partial charge in [-0.15, -0.1) is 0 Å². The maximum Gasteiger partial charge on any atom is 0.337 e. The largest absolute Gasteiger partial charge is 0.465 e. The number of esters is 2. The number of methoxy groups -OCH3 is 1. The molecule has 27 heavy (non-hydrogen) atoms. The molecule has 0 amide bonds. The number of ether oxygens (including phenoxy) is 2. The van der Waals surface area contributed by atoms with Crippen LogP contribution in [0.2, 0.25) is 0 Å². The Morgan fingerprint density at radius 1 is 1.22 bits per heavy atom. The predicted molar refractivity (Wildman–Crippen MR) is 104 cm³/mol. The van der Waals surface area contributed by atoms with E-state index in [0.717, 1.165) is 11.8 Å². The summed E-state index contributed by atoms with van der Waals surface area (Å²) in [6, 6.07) is 4.65. The van der Waals surface area contributed by atoms with Crippen LogP contribution in [-0.2, 0) is 20.8 Å². The quantitative estimate of drug-likeness (QED) is 0.407. The lowest BCUT2D eigenvalue weighted by Crippen LogP contribution is -2.26. The monoisotopic (exact) mass is 392 g/mol. The fourth-order valence-electron chi connectivity index (χ4n) is 2.50. The Balaban J connectivity index is 2.48. The topological polar surface area (TPSA) is 87.5 Å². The van der Waals surface area contributed by atoms with Crippen molar-refractivity contribution in [2.45, 2.75) is 45.5 Å². The molecule has 0 unspecified atom stereocenters. The average Bonchev–Trinajstić information content (AvgIpc) is 2.60. The van der Waals surface area contributed by atoms with Crippen LogP contribution in [0.1, 0.15) is 38.1 Å². The van der Waals surface area contributed by atoms with E-state index in [4.69, 9.17) is 9.47 Å². The van der Waals surface area contributed by atoms with Gasteiger partial charge in [0.2, 0.25) is 0 Å². The Labute approximate surface area is 162 Å². The molecule has 0 N–H and O–H groups in total. The van der Waals surface area contributed by atoms with Crippen molar-refractivity contribution in [1.29, 1.82) is 0 Å². The molecule has 0 atom stereocenters. The third-order valence-corrected chi connectivity index (χ3v) is 4.53. The van der Waals surface area contributed by atoms with E-state index in [9.17, 15) is 14.4 Å². The molecule has 8 heteroatoms. The lowest BCUT2D eigenvalue weighted by Gasteiger charge is -2.15. The highest BCUT2D eigenvalue weighted by atomic mass is 32.2. The second kappa shape index (κ2) is 9.03. The van der Waals surface area contributed by atoms with E-state index in [0.29, 0.717) is 28.2 Å². The molecule has 0 aliphatic heterocycles. The number of rotatable bonds is 7. The molecule has 0 aliphatic rings. The van der Waals surface area contributed by atoms with Crippen LogP contribution in [0.5, 0.6) is 0 Å². The zero-order chi connectivity index (χ0) is 20.1. The van der Waals surface area contributed by atoms with Crippen molar-refractivity contribution in [3.05, 3.63) is 34.1 Å². The molecule has 0 radical (unpaired) electrons. The van der Waals surface area contributed by atoms with Crippen molar-refractivity contribution in [3.8, 4) is 0 Å². The first-order valence-electron chi connectivity index (χ1n) is 8.68. The Kier molecular flexibility index (Phi) is 7.01. The van der Waals surface area contributed by atoms with Crippen LogP contribution < -0.4 is 5.56 Å². The second-order valence-corrected chi connectivity index (χ2v) is 7.70. The highest BCUT2D eigenvalue weighted by Gasteiger charge is 2.17. The molecule has 2 rings (SSSR count). The van der Waals surface area contributed by atoms with Gasteiger partial charge in [-0.2, -0.15) is 0 Å². The zero-order valence-corrected chi connectivity index (χ0v) is 17.0. The van der Waals surface area contributed by atoms with E-state index in [1.807, 2.05) is 13.8 Å². The first kappa shape index (κ1) is 21.0. The van der Waals surface area contributed by atoms with Gasteiger partial charge in [0.25, 0.3) is 5.56 Å². The van der Waals surface area contributed by atoms with Gasteiger partial charge in [0.1, 0.15) is 0 Å². The number of carbonyl (C=O) groups excluding carboxylic acids is 2. The fraction of sp³-hybridized carbons (Fsp3) is 0.474. The van der Waals surface area contributed by atoms with Crippen molar-refractivity contribution >= 4 is 34.6 Å². The Morgan fingerprint density at radius 2 is 1.93 bits per heavy atom. The van der Waals surface area contributed by atoms with Gasteiger partial charge in [-0.3, -0.25) is 14.2 Å². The molecule has 0 bridgehead atoms. The Bertz CT molecular complexity index is 905. The van der Waals surface area contributed by atoms with E-state index in [-0.39, 0.29) is 29.3 Å². The first-order valence-corrected chi connectivity index (χ1v) is 9.66. The molecule has 2 aromatic rings. The van der Waals surface area contributed by atoms with Crippen molar-refractivity contribution < 1.29 is 19.1 Å². The van der Waals surface area contributed by atoms with E-state index < -0.39 is 5.97 Å². The van der Waals surface area contributed by atoms with Gasteiger partial charge in [0.15, 0.2) is 5.16 Å². The minimum Gasteiger partial charge on any atom is -0.465 e. The summed E-state index contributed by atoms with van der Waals surface area (Å²) in [7, 11) is 1.29. The summed E-state index contributed by atoms with van der Waals surface area (Å²) < 4.78 is 11.4. The SMILES string of the molecule is COC(=O)c1ccc2c(=O)n(CC(C)C)c(SCC(=O)OC(C)C)nc2c1. The van der Waals surface area contributed by atoms with Crippen LogP contribution in [0, 0.1) is 5.92 Å². The van der Waals surface area contributed by atoms with Crippen LogP contribution in [0.25, 0.3) is 10.9 Å². The highest BCUT2D eigenvalue weighted by Crippen LogP contribution is 2.20. The highest BCUT2D eigenvalue weighted by molar-refractivity contribution is 7.99. The van der Waals surface area contributed by atoms with Gasteiger partial charge >= 0.3 is 11.9 Å². The number of carbonyl (C=O) groups is 2. The summed E-state index contributed by atoms with van der Waals surface area (Å²) in [4.78, 5) is 41.1. The first-order chi connectivity index (χ1) is 12.7. The molecule has 0 spiro atoms. The number of aromatic nitrogens is 2. The molecule has 0 aliphatic carbocycles. The van der Waals surface area contributed by atoms with Crippen LogP contribution in [-0.4, -0.2) is 40.5 Å². The lowest BCUT2D eigenvalue weighted by atomic mass is 10.1. The van der Waals surface area contributed by atoms with Crippen molar-refractivity contribution in [3.63, 3.8) is 0 Å². The summed E-state index contributed by atoms with van der Waals surface area (Å²) in [6.45, 7) is 8.03. The van der Waals surface area contributed by atoms with E-state index in [2.05, 4.69) is 4.98 Å². The second-order valence-electron chi connectivity index (χ2n) is 6.75. The maximum atomic E-state index is 12.9. The zero-order valence-electron chi connectivity index (χ0n) is 16.1. The number of fused-ring (bicyclic) bond motifs is 1. The predicted octanol–water partition coefficient (Wildman–Crippen LogP) is 2.88. The molecule has 0 fully saturated rings. The summed E-state index contributed by atoms with van der Waals surface area (Å²) in [5.74, 6) is -0.605. The van der Waals surface area contributed by atoms with E-state index in [1.165, 1.54) is 13.2 Å². The van der Waals surface area contributed by atoms with Crippen molar-refractivity contribution in [1.82, 2.24) is 9.55 Å². The van der Waals surface area contributed by atoms with Gasteiger partial charge in [-0.25, -0.2) is 9.78 Å². The third-order valence-electron chi connectivity index (χ3n) is 3.58. The molecule has 1 aromatic carbocycles. The van der Waals surface area contributed by atoms with Crippen LogP contribution in [0.3, 0.4) is 0 Å². The molecule has 7 nitrogen and oxygen atoms in total. The molecular weight excluding hydrogens is 368 g/mol. The Hall–Kier alpha value is -2.35. The number of benzene rings is 1. The minimum absolute atomic E-state index is 0.0465. The number of hydrogen-bond acceptors (Lipinski definition) is 7. The standard InChI is InChI=1S/C19H24N2O5S/c1-11(2)9-21-17(23)14-7-6-13(18(24)25-5)8-15(14)20-19(21)27-10-16(22)26-12(3)4/h6-8,11-12H,9-10H2,1-5H3. The van der Waals surface area contributed by atoms with Crippen LogP contribution in [0.4, 0.5) is 0 Å². The van der Waals surface area contributed by atoms with Gasteiger partial charge in [-0.05, 0) is 38.0 Å². The minimum atomic E-state index is -0.500. The number of thioether (sulfide) groups is 1. The van der Waals surface area contributed by atoms with E-state index >= 15 is 0 Å².